The summed E-state index contributed by atoms with van der Waals surface area (Å²) in [4.78, 5) is 89.4. The van der Waals surface area contributed by atoms with E-state index >= 15 is 0 Å². The predicted octanol–water partition coefficient (Wildman–Crippen LogP) is 2.15. The second-order valence-electron chi connectivity index (χ2n) is 13.6. The molecule has 4 N–H and O–H groups in total. The van der Waals surface area contributed by atoms with E-state index in [0.717, 1.165) is 16.0 Å². The van der Waals surface area contributed by atoms with Crippen molar-refractivity contribution in [3.8, 4) is 17.2 Å². The molecule has 1 saturated heterocycles. The Morgan fingerprint density at radius 2 is 1.58 bits per heavy atom. The third kappa shape index (κ3) is 8.41. The van der Waals surface area contributed by atoms with Crippen molar-refractivity contribution in [3.05, 3.63) is 88.0 Å². The van der Waals surface area contributed by atoms with Crippen LogP contribution in [0.15, 0.2) is 59.7 Å². The molecular weight excluding hydrogens is 738 g/mol. The fourth-order valence-electron chi connectivity index (χ4n) is 6.91. The minimum absolute atomic E-state index is 0.00357. The number of hydrazone groups is 1. The van der Waals surface area contributed by atoms with Crippen LogP contribution in [0, 0.1) is 0 Å². The van der Waals surface area contributed by atoms with Gasteiger partial charge in [-0.2, -0.15) is 5.10 Å². The standard InChI is InChI=1S/C40H43N7O10/c1-22-18-25-19-30(55-3)31(56-4)20-27(25)35(45-47(22)40(54)41-2)23-10-12-24(13-11-23)36(50)43-17-6-5-16-42-33(49)21-57-29-9-7-8-26-34(29)39(53)46(38(26)52)28-14-15-32(48)44-37(28)51/h7-13,19-20,22,28H,5-6,14-18,21H2,1-4H3,(H,41,54)(H,42,49)(H,43,50)(H,44,48,51)/t22-,28?/m0/s1. The molecule has 0 aliphatic carbocycles. The molecule has 57 heavy (non-hydrogen) atoms. The monoisotopic (exact) mass is 781 g/mol. The number of carbonyl (C=O) groups is 7. The zero-order valence-corrected chi connectivity index (χ0v) is 31.9. The third-order valence-electron chi connectivity index (χ3n) is 9.85. The minimum atomic E-state index is -1.12. The lowest BCUT2D eigenvalue weighted by Crippen LogP contribution is -2.54. The number of piperidine rings is 1. The highest BCUT2D eigenvalue weighted by molar-refractivity contribution is 6.24. The SMILES string of the molecule is CNC(=O)N1N=C(c2ccc(C(=O)NCCCCNC(=O)COc3cccc4c3C(=O)N(C3CCC(=O)NC3=O)C4=O)cc2)c2cc(OC)c(OC)cc2C[C@@H]1C. The maximum atomic E-state index is 13.2. The second kappa shape index (κ2) is 17.3. The number of ether oxygens (including phenoxy) is 3. The van der Waals surface area contributed by atoms with Crippen molar-refractivity contribution in [3.63, 3.8) is 0 Å². The highest BCUT2D eigenvalue weighted by Crippen LogP contribution is 2.35. The van der Waals surface area contributed by atoms with Gasteiger partial charge < -0.3 is 30.2 Å². The minimum Gasteiger partial charge on any atom is -0.493 e. The van der Waals surface area contributed by atoms with Gasteiger partial charge in [-0.3, -0.25) is 39.0 Å². The Labute approximate surface area is 328 Å². The van der Waals surface area contributed by atoms with E-state index in [1.165, 1.54) is 23.2 Å². The Kier molecular flexibility index (Phi) is 12.1. The first-order valence-corrected chi connectivity index (χ1v) is 18.4. The van der Waals surface area contributed by atoms with E-state index in [9.17, 15) is 33.6 Å². The van der Waals surface area contributed by atoms with Crippen molar-refractivity contribution >= 4 is 47.2 Å². The molecule has 0 radical (unpaired) electrons. The first kappa shape index (κ1) is 39.9. The number of hydrogen-bond donors (Lipinski definition) is 4. The fraction of sp³-hybridized carbons (Fsp3) is 0.350. The van der Waals surface area contributed by atoms with Gasteiger partial charge in [0.1, 0.15) is 11.8 Å². The number of hydrogen-bond acceptors (Lipinski definition) is 11. The molecule has 8 amide bonds. The molecule has 298 valence electrons. The van der Waals surface area contributed by atoms with Crippen LogP contribution in [-0.2, 0) is 20.8 Å². The number of amides is 8. The Morgan fingerprint density at radius 1 is 0.877 bits per heavy atom. The summed E-state index contributed by atoms with van der Waals surface area (Å²) in [6.45, 7) is 2.13. The molecule has 1 unspecified atom stereocenters. The number of nitrogens with one attached hydrogen (secondary N) is 4. The molecule has 0 saturated carbocycles. The van der Waals surface area contributed by atoms with Crippen LogP contribution in [0.3, 0.4) is 0 Å². The van der Waals surface area contributed by atoms with Crippen LogP contribution < -0.4 is 35.5 Å². The van der Waals surface area contributed by atoms with E-state index in [4.69, 9.17) is 19.3 Å². The van der Waals surface area contributed by atoms with Gasteiger partial charge in [0, 0.05) is 43.2 Å². The molecular formula is C40H43N7O10. The van der Waals surface area contributed by atoms with E-state index in [2.05, 4.69) is 21.3 Å². The molecule has 2 atom stereocenters. The molecule has 0 spiro atoms. The number of nitrogens with zero attached hydrogens (tertiary/aromatic N) is 3. The van der Waals surface area contributed by atoms with Crippen molar-refractivity contribution in [1.82, 2.24) is 31.2 Å². The number of rotatable bonds is 13. The topological polar surface area (TPSA) is 214 Å². The Bertz CT molecular complexity index is 2150. The van der Waals surface area contributed by atoms with Crippen LogP contribution in [0.25, 0.3) is 0 Å². The Balaban J connectivity index is 0.985. The van der Waals surface area contributed by atoms with Gasteiger partial charge >= 0.3 is 6.03 Å². The number of fused-ring (bicyclic) bond motifs is 2. The molecule has 3 aliphatic rings. The molecule has 3 aromatic rings. The van der Waals surface area contributed by atoms with Crippen molar-refractivity contribution in [2.75, 3.05) is 41.0 Å². The predicted molar refractivity (Wildman–Crippen MR) is 204 cm³/mol. The summed E-state index contributed by atoms with van der Waals surface area (Å²) in [6.07, 6.45) is 1.65. The van der Waals surface area contributed by atoms with E-state index in [-0.39, 0.29) is 47.7 Å². The summed E-state index contributed by atoms with van der Waals surface area (Å²) in [7, 11) is 4.66. The summed E-state index contributed by atoms with van der Waals surface area (Å²) >= 11 is 0. The molecule has 17 heteroatoms. The Hall–Kier alpha value is -6.78. The summed E-state index contributed by atoms with van der Waals surface area (Å²) < 4.78 is 16.7. The molecule has 17 nitrogen and oxygen atoms in total. The van der Waals surface area contributed by atoms with E-state index in [1.807, 2.05) is 19.1 Å². The van der Waals surface area contributed by atoms with E-state index < -0.39 is 42.2 Å². The van der Waals surface area contributed by atoms with Gasteiger partial charge in [-0.1, -0.05) is 18.2 Å². The van der Waals surface area contributed by atoms with Gasteiger partial charge in [0.15, 0.2) is 18.1 Å². The van der Waals surface area contributed by atoms with Crippen LogP contribution in [0.1, 0.15) is 80.4 Å². The number of carbonyl (C=O) groups excluding carboxylic acids is 7. The fourth-order valence-corrected chi connectivity index (χ4v) is 6.91. The molecule has 3 heterocycles. The van der Waals surface area contributed by atoms with Crippen molar-refractivity contribution < 1.29 is 47.8 Å². The Morgan fingerprint density at radius 3 is 2.26 bits per heavy atom. The number of unbranched alkanes of at least 4 members (excludes halogenated alkanes) is 1. The highest BCUT2D eigenvalue weighted by Gasteiger charge is 2.46. The van der Waals surface area contributed by atoms with Crippen molar-refractivity contribution in [2.24, 2.45) is 5.10 Å². The highest BCUT2D eigenvalue weighted by atomic mass is 16.5. The lowest BCUT2D eigenvalue weighted by atomic mass is 9.93. The quantitative estimate of drug-likeness (QED) is 0.147. The summed E-state index contributed by atoms with van der Waals surface area (Å²) in [5.41, 5.74) is 3.35. The molecule has 1 fully saturated rings. The van der Waals surface area contributed by atoms with Crippen molar-refractivity contribution in [1.29, 1.82) is 0 Å². The number of benzene rings is 3. The first-order valence-electron chi connectivity index (χ1n) is 18.4. The molecule has 3 aliphatic heterocycles. The van der Waals surface area contributed by atoms with Crippen LogP contribution >= 0.6 is 0 Å². The molecule has 0 aromatic heterocycles. The van der Waals surface area contributed by atoms with Crippen LogP contribution in [-0.4, -0.2) is 110 Å². The zero-order valence-electron chi connectivity index (χ0n) is 31.9. The lowest BCUT2D eigenvalue weighted by molar-refractivity contribution is -0.136. The van der Waals surface area contributed by atoms with Gasteiger partial charge in [-0.05, 0) is 74.6 Å². The third-order valence-corrected chi connectivity index (χ3v) is 9.85. The normalized spacial score (nSPS) is 17.4. The second-order valence-corrected chi connectivity index (χ2v) is 13.6. The van der Waals surface area contributed by atoms with Gasteiger partial charge in [0.25, 0.3) is 23.6 Å². The van der Waals surface area contributed by atoms with E-state index in [0.29, 0.717) is 60.7 Å². The van der Waals surface area contributed by atoms with Gasteiger partial charge in [0.05, 0.1) is 37.1 Å². The number of imide groups is 2. The maximum absolute atomic E-state index is 13.2. The number of urea groups is 1. The average molecular weight is 782 g/mol. The number of methoxy groups -OCH3 is 2. The summed E-state index contributed by atoms with van der Waals surface area (Å²) in [5, 5.41) is 16.6. The van der Waals surface area contributed by atoms with Gasteiger partial charge in [0.2, 0.25) is 11.8 Å². The van der Waals surface area contributed by atoms with E-state index in [1.54, 1.807) is 45.5 Å². The van der Waals surface area contributed by atoms with Crippen LogP contribution in [0.2, 0.25) is 0 Å². The first-order chi connectivity index (χ1) is 27.4. The maximum Gasteiger partial charge on any atom is 0.337 e. The smallest absolute Gasteiger partial charge is 0.337 e. The van der Waals surface area contributed by atoms with Gasteiger partial charge in [-0.25, -0.2) is 9.80 Å². The largest absolute Gasteiger partial charge is 0.493 e. The van der Waals surface area contributed by atoms with Crippen molar-refractivity contribution in [2.45, 2.75) is 51.1 Å². The summed E-state index contributed by atoms with van der Waals surface area (Å²) in [5.74, 6) is -2.23. The van der Waals surface area contributed by atoms with Crippen LogP contribution in [0.5, 0.6) is 17.2 Å². The van der Waals surface area contributed by atoms with Crippen LogP contribution in [0.4, 0.5) is 4.79 Å². The van der Waals surface area contributed by atoms with Gasteiger partial charge in [-0.15, -0.1) is 0 Å². The molecule has 0 bridgehead atoms. The average Bonchev–Trinajstić information content (AvgIpc) is 3.37. The lowest BCUT2D eigenvalue weighted by Gasteiger charge is -2.27. The summed E-state index contributed by atoms with van der Waals surface area (Å²) in [6, 6.07) is 13.3. The zero-order chi connectivity index (χ0) is 40.8. The molecule has 6 rings (SSSR count). The molecule has 3 aromatic carbocycles.